The van der Waals surface area contributed by atoms with Gasteiger partial charge >= 0.3 is 0 Å². The minimum atomic E-state index is 0.0444. The van der Waals surface area contributed by atoms with Gasteiger partial charge in [-0.3, -0.25) is 4.79 Å². The van der Waals surface area contributed by atoms with Crippen molar-refractivity contribution in [1.29, 1.82) is 0 Å². The summed E-state index contributed by atoms with van der Waals surface area (Å²) < 4.78 is 5.70. The maximum absolute atomic E-state index is 12.7. The van der Waals surface area contributed by atoms with Crippen LogP contribution < -0.4 is 5.32 Å². The number of benzene rings is 2. The van der Waals surface area contributed by atoms with E-state index in [1.165, 1.54) is 35.1 Å². The van der Waals surface area contributed by atoms with E-state index in [4.69, 9.17) is 4.74 Å². The van der Waals surface area contributed by atoms with Crippen molar-refractivity contribution in [2.45, 2.75) is 76.9 Å². The molecule has 2 aromatic carbocycles. The first-order valence-corrected chi connectivity index (χ1v) is 11.2. The zero-order chi connectivity index (χ0) is 20.2. The molecule has 1 saturated heterocycles. The molecule has 3 nitrogen and oxygen atoms in total. The largest absolute Gasteiger partial charge is 0.378 e. The number of ether oxygens (including phenoxy) is 1. The van der Waals surface area contributed by atoms with Crippen LogP contribution >= 0.6 is 0 Å². The predicted molar refractivity (Wildman–Crippen MR) is 118 cm³/mol. The Bertz CT molecular complexity index is 834. The van der Waals surface area contributed by atoms with Crippen LogP contribution in [0.25, 0.3) is 0 Å². The number of nitrogens with one attached hydrogen (secondary N) is 1. The minimum Gasteiger partial charge on any atom is -0.378 e. The first kappa shape index (κ1) is 20.2. The second-order valence-electron chi connectivity index (χ2n) is 8.97. The van der Waals surface area contributed by atoms with E-state index < -0.39 is 0 Å². The maximum Gasteiger partial charge on any atom is 0.251 e. The van der Waals surface area contributed by atoms with Crippen molar-refractivity contribution in [3.63, 3.8) is 0 Å². The summed E-state index contributed by atoms with van der Waals surface area (Å²) in [6, 6.07) is 15.2. The number of carbonyl (C=O) groups excluding carboxylic acids is 1. The number of fused-ring (bicyclic) bond motifs is 1. The van der Waals surface area contributed by atoms with Crippen LogP contribution in [0.4, 0.5) is 0 Å². The molecular weight excluding hydrogens is 358 g/mol. The van der Waals surface area contributed by atoms with Crippen molar-refractivity contribution in [3.8, 4) is 0 Å². The van der Waals surface area contributed by atoms with E-state index in [1.54, 1.807) is 0 Å². The molecule has 1 fully saturated rings. The SMILES string of the molecule is CC(C)c1ccc2c(c1)CCC(NC(=O)c1ccc(CCC3CCCO3)cc1)C2. The van der Waals surface area contributed by atoms with Gasteiger partial charge in [-0.05, 0) is 85.3 Å². The highest BCUT2D eigenvalue weighted by atomic mass is 16.5. The highest BCUT2D eigenvalue weighted by Gasteiger charge is 2.21. The molecule has 2 unspecified atom stereocenters. The van der Waals surface area contributed by atoms with Gasteiger partial charge < -0.3 is 10.1 Å². The summed E-state index contributed by atoms with van der Waals surface area (Å²) in [5.74, 6) is 0.606. The van der Waals surface area contributed by atoms with E-state index in [2.05, 4.69) is 49.5 Å². The average molecular weight is 392 g/mol. The Labute approximate surface area is 174 Å². The van der Waals surface area contributed by atoms with Crippen molar-refractivity contribution in [3.05, 3.63) is 70.3 Å². The molecule has 0 radical (unpaired) electrons. The fourth-order valence-corrected chi connectivity index (χ4v) is 4.55. The zero-order valence-electron chi connectivity index (χ0n) is 17.7. The van der Waals surface area contributed by atoms with Gasteiger partial charge in [-0.25, -0.2) is 0 Å². The number of hydrogen-bond donors (Lipinski definition) is 1. The molecule has 29 heavy (non-hydrogen) atoms. The van der Waals surface area contributed by atoms with Crippen molar-refractivity contribution < 1.29 is 9.53 Å². The molecule has 2 aliphatic rings. The van der Waals surface area contributed by atoms with Crippen molar-refractivity contribution in [2.75, 3.05) is 6.61 Å². The Morgan fingerprint density at radius 2 is 1.93 bits per heavy atom. The van der Waals surface area contributed by atoms with Crippen LogP contribution in [0.1, 0.15) is 78.1 Å². The van der Waals surface area contributed by atoms with E-state index in [1.807, 2.05) is 12.1 Å². The van der Waals surface area contributed by atoms with Crippen molar-refractivity contribution in [2.24, 2.45) is 0 Å². The standard InChI is InChI=1S/C26H33NO2/c1-18(2)21-10-11-23-17-24(13-12-22(23)16-21)27-26(28)20-8-5-19(6-9-20)7-14-25-4-3-15-29-25/h5-6,8-11,16,18,24-25H,3-4,7,12-15,17H2,1-2H3,(H,27,28). The van der Waals surface area contributed by atoms with Gasteiger partial charge in [-0.2, -0.15) is 0 Å². The van der Waals surface area contributed by atoms with Gasteiger partial charge in [0.1, 0.15) is 0 Å². The quantitative estimate of drug-likeness (QED) is 0.734. The Morgan fingerprint density at radius 1 is 1.10 bits per heavy atom. The van der Waals surface area contributed by atoms with Crippen LogP contribution in [0.3, 0.4) is 0 Å². The maximum atomic E-state index is 12.7. The van der Waals surface area contributed by atoms with Crippen molar-refractivity contribution in [1.82, 2.24) is 5.32 Å². The number of amides is 1. The Hall–Kier alpha value is -2.13. The number of carbonyl (C=O) groups is 1. The second-order valence-corrected chi connectivity index (χ2v) is 8.97. The van der Waals surface area contributed by atoms with Gasteiger partial charge in [0.2, 0.25) is 0 Å². The van der Waals surface area contributed by atoms with Gasteiger partial charge in [0, 0.05) is 18.2 Å². The van der Waals surface area contributed by atoms with E-state index in [0.29, 0.717) is 12.0 Å². The first-order chi connectivity index (χ1) is 14.1. The minimum absolute atomic E-state index is 0.0444. The second kappa shape index (κ2) is 9.13. The summed E-state index contributed by atoms with van der Waals surface area (Å²) in [5.41, 5.74) is 6.29. The molecule has 0 bridgehead atoms. The summed E-state index contributed by atoms with van der Waals surface area (Å²) in [6.45, 7) is 5.39. The fraction of sp³-hybridized carbons (Fsp3) is 0.500. The van der Waals surface area contributed by atoms with E-state index >= 15 is 0 Å². The molecule has 2 aromatic rings. The van der Waals surface area contributed by atoms with E-state index in [-0.39, 0.29) is 11.9 Å². The lowest BCUT2D eigenvalue weighted by molar-refractivity contribution is 0.0933. The van der Waals surface area contributed by atoms with Crippen LogP contribution in [-0.2, 0) is 24.0 Å². The molecule has 1 aliphatic heterocycles. The van der Waals surface area contributed by atoms with Crippen LogP contribution in [0.15, 0.2) is 42.5 Å². The molecule has 1 amide bonds. The lowest BCUT2D eigenvalue weighted by Crippen LogP contribution is -2.38. The Kier molecular flexibility index (Phi) is 6.34. The van der Waals surface area contributed by atoms with Gasteiger partial charge in [0.25, 0.3) is 5.91 Å². The molecule has 4 rings (SSSR count). The monoisotopic (exact) mass is 391 g/mol. The molecule has 3 heteroatoms. The summed E-state index contributed by atoms with van der Waals surface area (Å²) in [6.07, 6.45) is 7.87. The van der Waals surface area contributed by atoms with Gasteiger partial charge in [0.15, 0.2) is 0 Å². The topological polar surface area (TPSA) is 38.3 Å². The molecule has 2 atom stereocenters. The van der Waals surface area contributed by atoms with Crippen LogP contribution in [-0.4, -0.2) is 24.7 Å². The predicted octanol–water partition coefficient (Wildman–Crippen LogP) is 5.21. The van der Waals surface area contributed by atoms with Crippen LogP contribution in [0.2, 0.25) is 0 Å². The highest BCUT2D eigenvalue weighted by molar-refractivity contribution is 5.94. The normalized spacial score (nSPS) is 21.2. The zero-order valence-corrected chi connectivity index (χ0v) is 17.7. The molecule has 1 aliphatic carbocycles. The molecule has 0 spiro atoms. The molecule has 0 saturated carbocycles. The summed E-state index contributed by atoms with van der Waals surface area (Å²) in [7, 11) is 0. The Balaban J connectivity index is 1.31. The third-order valence-electron chi connectivity index (χ3n) is 6.46. The average Bonchev–Trinajstić information content (AvgIpc) is 3.26. The van der Waals surface area contributed by atoms with Crippen LogP contribution in [0, 0.1) is 0 Å². The van der Waals surface area contributed by atoms with E-state index in [0.717, 1.165) is 44.3 Å². The third kappa shape index (κ3) is 5.08. The smallest absolute Gasteiger partial charge is 0.251 e. The van der Waals surface area contributed by atoms with E-state index in [9.17, 15) is 4.79 Å². The summed E-state index contributed by atoms with van der Waals surface area (Å²) >= 11 is 0. The highest BCUT2D eigenvalue weighted by Crippen LogP contribution is 2.26. The summed E-state index contributed by atoms with van der Waals surface area (Å²) in [4.78, 5) is 12.7. The van der Waals surface area contributed by atoms with Gasteiger partial charge in [-0.15, -0.1) is 0 Å². The lowest BCUT2D eigenvalue weighted by atomic mass is 9.85. The van der Waals surface area contributed by atoms with Gasteiger partial charge in [-0.1, -0.05) is 44.2 Å². The van der Waals surface area contributed by atoms with Crippen molar-refractivity contribution >= 4 is 5.91 Å². The number of aryl methyl sites for hydroxylation is 2. The van der Waals surface area contributed by atoms with Gasteiger partial charge in [0.05, 0.1) is 6.10 Å². The number of hydrogen-bond acceptors (Lipinski definition) is 2. The molecule has 1 N–H and O–H groups in total. The molecular formula is C26H33NO2. The molecule has 1 heterocycles. The van der Waals surface area contributed by atoms with Crippen LogP contribution in [0.5, 0.6) is 0 Å². The number of rotatable bonds is 6. The molecule has 154 valence electrons. The fourth-order valence-electron chi connectivity index (χ4n) is 4.55. The Morgan fingerprint density at radius 3 is 2.66 bits per heavy atom. The molecule has 0 aromatic heterocycles. The third-order valence-corrected chi connectivity index (χ3v) is 6.46. The lowest BCUT2D eigenvalue weighted by Gasteiger charge is -2.26. The summed E-state index contributed by atoms with van der Waals surface area (Å²) in [5, 5.41) is 3.25. The first-order valence-electron chi connectivity index (χ1n) is 11.2.